The molecule has 1 N–H and O–H groups in total. The van der Waals surface area contributed by atoms with Gasteiger partial charge in [0.25, 0.3) is 5.56 Å². The number of likely N-dealkylation sites (tertiary alicyclic amines) is 1. The molecule has 1 fully saturated rings. The average molecular weight is 206 g/mol. The van der Waals surface area contributed by atoms with Gasteiger partial charge in [-0.2, -0.15) is 0 Å². The zero-order valence-corrected chi connectivity index (χ0v) is 8.69. The summed E-state index contributed by atoms with van der Waals surface area (Å²) in [7, 11) is 0. The fraction of sp³-hybridized carbons (Fsp3) is 0.455. The highest BCUT2D eigenvalue weighted by molar-refractivity contribution is 5.74. The number of hydrogen-bond acceptors (Lipinski definition) is 2. The van der Waals surface area contributed by atoms with Crippen molar-refractivity contribution in [2.24, 2.45) is 0 Å². The molecule has 4 heteroatoms. The van der Waals surface area contributed by atoms with E-state index in [2.05, 4.69) is 4.98 Å². The number of pyridine rings is 1. The predicted octanol–water partition coefficient (Wildman–Crippen LogP) is 1.06. The lowest BCUT2D eigenvalue weighted by atomic mass is 10.1. The van der Waals surface area contributed by atoms with Gasteiger partial charge in [-0.05, 0) is 25.0 Å². The van der Waals surface area contributed by atoms with Crippen LogP contribution in [0, 0.1) is 0 Å². The van der Waals surface area contributed by atoms with Crippen LogP contribution >= 0.6 is 0 Å². The molecule has 4 nitrogen and oxygen atoms in total. The van der Waals surface area contributed by atoms with Crippen LogP contribution in [0.25, 0.3) is 0 Å². The van der Waals surface area contributed by atoms with Gasteiger partial charge in [-0.15, -0.1) is 0 Å². The second kappa shape index (κ2) is 3.88. The van der Waals surface area contributed by atoms with Gasteiger partial charge in [0.05, 0.1) is 6.04 Å². The van der Waals surface area contributed by atoms with E-state index >= 15 is 0 Å². The van der Waals surface area contributed by atoms with Crippen LogP contribution < -0.4 is 5.56 Å². The van der Waals surface area contributed by atoms with Crippen molar-refractivity contribution in [3.05, 3.63) is 34.2 Å². The standard InChI is InChI=1S/C11H14N2O2/c1-8(14)13-7-3-5-10(13)9-4-2-6-12-11(9)15/h2,4,6,10H,3,5,7H2,1H3,(H,12,15)/t10-/m1/s1. The van der Waals surface area contributed by atoms with Gasteiger partial charge in [0.15, 0.2) is 0 Å². The van der Waals surface area contributed by atoms with Crippen molar-refractivity contribution in [3.63, 3.8) is 0 Å². The number of aromatic nitrogens is 1. The molecular weight excluding hydrogens is 192 g/mol. The molecule has 15 heavy (non-hydrogen) atoms. The number of hydrogen-bond donors (Lipinski definition) is 1. The topological polar surface area (TPSA) is 53.2 Å². The monoisotopic (exact) mass is 206 g/mol. The van der Waals surface area contributed by atoms with Gasteiger partial charge in [0.1, 0.15) is 0 Å². The summed E-state index contributed by atoms with van der Waals surface area (Å²) in [6.45, 7) is 2.31. The number of aromatic amines is 1. The Bertz CT molecular complexity index is 425. The smallest absolute Gasteiger partial charge is 0.253 e. The maximum atomic E-state index is 11.6. The molecule has 1 aromatic rings. The highest BCUT2D eigenvalue weighted by Gasteiger charge is 2.29. The van der Waals surface area contributed by atoms with Gasteiger partial charge in [-0.3, -0.25) is 9.59 Å². The first kappa shape index (κ1) is 9.96. The molecule has 2 rings (SSSR count). The Labute approximate surface area is 87.9 Å². The molecule has 0 spiro atoms. The summed E-state index contributed by atoms with van der Waals surface area (Å²) in [6, 6.07) is 3.56. The van der Waals surface area contributed by atoms with Crippen LogP contribution in [0.15, 0.2) is 23.1 Å². The van der Waals surface area contributed by atoms with E-state index in [0.717, 1.165) is 19.4 Å². The molecule has 2 heterocycles. The Kier molecular flexibility index (Phi) is 2.58. The summed E-state index contributed by atoms with van der Waals surface area (Å²) >= 11 is 0. The number of carbonyl (C=O) groups is 1. The quantitative estimate of drug-likeness (QED) is 0.747. The molecule has 0 saturated carbocycles. The van der Waals surface area contributed by atoms with Crippen molar-refractivity contribution in [3.8, 4) is 0 Å². The fourth-order valence-electron chi connectivity index (χ4n) is 2.16. The van der Waals surface area contributed by atoms with E-state index in [0.29, 0.717) is 5.56 Å². The number of nitrogens with zero attached hydrogens (tertiary/aromatic N) is 1. The van der Waals surface area contributed by atoms with E-state index in [9.17, 15) is 9.59 Å². The van der Waals surface area contributed by atoms with E-state index in [1.807, 2.05) is 0 Å². The van der Waals surface area contributed by atoms with E-state index in [-0.39, 0.29) is 17.5 Å². The Morgan fingerprint density at radius 2 is 2.40 bits per heavy atom. The van der Waals surface area contributed by atoms with E-state index in [1.54, 1.807) is 30.2 Å². The Balaban J connectivity index is 2.35. The molecule has 1 aliphatic rings. The Hall–Kier alpha value is -1.58. The van der Waals surface area contributed by atoms with Crippen LogP contribution in [0.2, 0.25) is 0 Å². The SMILES string of the molecule is CC(=O)N1CCC[C@@H]1c1ccc[nH]c1=O. The number of amides is 1. The third kappa shape index (κ3) is 1.79. The number of nitrogens with one attached hydrogen (secondary N) is 1. The van der Waals surface area contributed by atoms with Crippen LogP contribution in [0.5, 0.6) is 0 Å². The summed E-state index contributed by atoms with van der Waals surface area (Å²) in [4.78, 5) is 27.3. The summed E-state index contributed by atoms with van der Waals surface area (Å²) in [5.74, 6) is 0.0424. The predicted molar refractivity (Wildman–Crippen MR) is 56.4 cm³/mol. The van der Waals surface area contributed by atoms with Crippen molar-refractivity contribution in [1.82, 2.24) is 9.88 Å². The lowest BCUT2D eigenvalue weighted by molar-refractivity contribution is -0.129. The lowest BCUT2D eigenvalue weighted by Crippen LogP contribution is -2.31. The zero-order chi connectivity index (χ0) is 10.8. The van der Waals surface area contributed by atoms with Crippen molar-refractivity contribution < 1.29 is 4.79 Å². The molecule has 80 valence electrons. The molecule has 0 radical (unpaired) electrons. The van der Waals surface area contributed by atoms with Crippen molar-refractivity contribution in [2.45, 2.75) is 25.8 Å². The summed E-state index contributed by atoms with van der Waals surface area (Å²) in [5, 5.41) is 0. The van der Waals surface area contributed by atoms with Crippen molar-refractivity contribution in [1.29, 1.82) is 0 Å². The van der Waals surface area contributed by atoms with Crippen LogP contribution in [-0.2, 0) is 4.79 Å². The maximum Gasteiger partial charge on any atom is 0.253 e. The first-order chi connectivity index (χ1) is 7.20. The zero-order valence-electron chi connectivity index (χ0n) is 8.69. The third-order valence-electron chi connectivity index (χ3n) is 2.86. The fourth-order valence-corrected chi connectivity index (χ4v) is 2.16. The van der Waals surface area contributed by atoms with Crippen LogP contribution in [0.4, 0.5) is 0 Å². The van der Waals surface area contributed by atoms with Gasteiger partial charge >= 0.3 is 0 Å². The van der Waals surface area contributed by atoms with Crippen molar-refractivity contribution in [2.75, 3.05) is 6.54 Å². The average Bonchev–Trinajstić information content (AvgIpc) is 2.67. The normalized spacial score (nSPS) is 20.6. The van der Waals surface area contributed by atoms with Gasteiger partial charge in [0, 0.05) is 25.2 Å². The maximum absolute atomic E-state index is 11.6. The van der Waals surface area contributed by atoms with E-state index in [4.69, 9.17) is 0 Å². The minimum Gasteiger partial charge on any atom is -0.336 e. The molecule has 0 bridgehead atoms. The van der Waals surface area contributed by atoms with E-state index < -0.39 is 0 Å². The molecule has 1 aromatic heterocycles. The first-order valence-corrected chi connectivity index (χ1v) is 5.15. The minimum absolute atomic E-state index is 0.0348. The van der Waals surface area contributed by atoms with Gasteiger partial charge in [-0.25, -0.2) is 0 Å². The molecule has 0 aromatic carbocycles. The van der Waals surface area contributed by atoms with Gasteiger partial charge in [-0.1, -0.05) is 0 Å². The molecule has 0 unspecified atom stereocenters. The number of H-pyrrole nitrogens is 1. The molecule has 1 aliphatic heterocycles. The Morgan fingerprint density at radius 1 is 1.60 bits per heavy atom. The number of rotatable bonds is 1. The van der Waals surface area contributed by atoms with Crippen molar-refractivity contribution >= 4 is 5.91 Å². The minimum atomic E-state index is -0.0874. The highest BCUT2D eigenvalue weighted by atomic mass is 16.2. The summed E-state index contributed by atoms with van der Waals surface area (Å²) in [5.41, 5.74) is 0.612. The molecule has 1 atom stereocenters. The highest BCUT2D eigenvalue weighted by Crippen LogP contribution is 2.29. The van der Waals surface area contributed by atoms with Crippen LogP contribution in [0.1, 0.15) is 31.4 Å². The Morgan fingerprint density at radius 3 is 3.07 bits per heavy atom. The van der Waals surface area contributed by atoms with Crippen LogP contribution in [0.3, 0.4) is 0 Å². The van der Waals surface area contributed by atoms with Gasteiger partial charge in [0.2, 0.25) is 5.91 Å². The van der Waals surface area contributed by atoms with E-state index in [1.165, 1.54) is 0 Å². The number of carbonyl (C=O) groups excluding carboxylic acids is 1. The molecule has 0 aliphatic carbocycles. The largest absolute Gasteiger partial charge is 0.336 e. The van der Waals surface area contributed by atoms with Gasteiger partial charge < -0.3 is 9.88 Å². The first-order valence-electron chi connectivity index (χ1n) is 5.15. The van der Waals surface area contributed by atoms with Crippen LogP contribution in [-0.4, -0.2) is 22.3 Å². The molecule has 1 saturated heterocycles. The second-order valence-corrected chi connectivity index (χ2v) is 3.83. The third-order valence-corrected chi connectivity index (χ3v) is 2.86. The summed E-state index contributed by atoms with van der Waals surface area (Å²) < 4.78 is 0. The molecule has 1 amide bonds. The molecular formula is C11H14N2O2. The summed E-state index contributed by atoms with van der Waals surface area (Å²) in [6.07, 6.45) is 3.46. The second-order valence-electron chi connectivity index (χ2n) is 3.83. The lowest BCUT2D eigenvalue weighted by Gasteiger charge is -2.22.